The van der Waals surface area contributed by atoms with Crippen molar-refractivity contribution in [2.75, 3.05) is 0 Å². The van der Waals surface area contributed by atoms with E-state index < -0.39 is 12.7 Å². The second kappa shape index (κ2) is 5.16. The fourth-order valence-electron chi connectivity index (χ4n) is 2.38. The largest absolute Gasteiger partial charge is 0.212 e. The summed E-state index contributed by atoms with van der Waals surface area (Å²) in [5.41, 5.74) is 6.05. The molecule has 0 saturated carbocycles. The van der Waals surface area contributed by atoms with Gasteiger partial charge in [-0.2, -0.15) is 0 Å². The lowest BCUT2D eigenvalue weighted by Crippen LogP contribution is -2.31. The molecule has 0 spiro atoms. The molecule has 0 N–H and O–H groups in total. The first-order chi connectivity index (χ1) is 10.4. The molecule has 2 rings (SSSR count). The molecule has 0 radical (unpaired) electrons. The minimum Gasteiger partial charge on any atom is -0.201 e. The molecule has 1 nitrogen and oxygen atoms in total. The zero-order valence-electron chi connectivity index (χ0n) is 16.3. The highest BCUT2D eigenvalue weighted by molar-refractivity contribution is 5.64. The van der Waals surface area contributed by atoms with Gasteiger partial charge in [0.05, 0.1) is 0 Å². The smallest absolute Gasteiger partial charge is 0.201 e. The monoisotopic (exact) mass is 258 g/mol. The molecular weight excluding hydrogens is 230 g/mol. The molecule has 1 heteroatoms. The summed E-state index contributed by atoms with van der Waals surface area (Å²) in [7, 11) is 1.94. The van der Waals surface area contributed by atoms with Crippen molar-refractivity contribution in [2.45, 2.75) is 40.4 Å². The maximum atomic E-state index is 8.31. The molecule has 1 atom stereocenters. The van der Waals surface area contributed by atoms with Crippen molar-refractivity contribution >= 4 is 0 Å². The van der Waals surface area contributed by atoms with Crippen LogP contribution in [0.3, 0.4) is 0 Å². The third kappa shape index (κ3) is 2.70. The van der Waals surface area contributed by atoms with E-state index in [2.05, 4.69) is 32.9 Å². The van der Waals surface area contributed by atoms with E-state index in [0.29, 0.717) is 5.56 Å². The van der Waals surface area contributed by atoms with Gasteiger partial charge in [0.2, 0.25) is 5.69 Å². The number of aryl methyl sites for hydroxylation is 3. The first-order valence-electron chi connectivity index (χ1n) is 8.53. The lowest BCUT2D eigenvalue weighted by Gasteiger charge is -2.11. The van der Waals surface area contributed by atoms with Gasteiger partial charge in [0.15, 0.2) is 6.20 Å². The van der Waals surface area contributed by atoms with Gasteiger partial charge in [-0.15, -0.1) is 0 Å². The number of benzene rings is 1. The summed E-state index contributed by atoms with van der Waals surface area (Å²) < 4.78 is 33.2. The van der Waals surface area contributed by atoms with Crippen molar-refractivity contribution in [2.24, 2.45) is 7.05 Å². The average Bonchev–Trinajstić information content (AvgIpc) is 2.42. The van der Waals surface area contributed by atoms with Crippen molar-refractivity contribution in [1.82, 2.24) is 0 Å². The second-order valence-electron chi connectivity index (χ2n) is 5.29. The lowest BCUT2D eigenvalue weighted by atomic mass is 9.95. The molecule has 1 aromatic heterocycles. The molecule has 0 saturated heterocycles. The van der Waals surface area contributed by atoms with E-state index in [9.17, 15) is 0 Å². The van der Waals surface area contributed by atoms with E-state index in [-0.39, 0.29) is 0 Å². The molecule has 2 aromatic rings. The quantitative estimate of drug-likeness (QED) is 0.710. The van der Waals surface area contributed by atoms with E-state index in [1.807, 2.05) is 23.9 Å². The average molecular weight is 258 g/mol. The highest BCUT2D eigenvalue weighted by Gasteiger charge is 2.15. The number of nitrogens with zero attached hydrogens (tertiary/aromatic N) is 1. The molecular formula is C18H24N+. The Hall–Kier alpha value is -1.63. The van der Waals surface area contributed by atoms with Crippen LogP contribution in [0, 0.1) is 20.8 Å². The number of rotatable bonds is 2. The molecule has 19 heavy (non-hydrogen) atoms. The van der Waals surface area contributed by atoms with Gasteiger partial charge in [-0.3, -0.25) is 0 Å². The van der Waals surface area contributed by atoms with Crippen LogP contribution in [-0.2, 0) is 7.05 Å². The van der Waals surface area contributed by atoms with Crippen molar-refractivity contribution < 1.29 is 10.1 Å². The summed E-state index contributed by atoms with van der Waals surface area (Å²) in [5.74, 6) is -1.64. The van der Waals surface area contributed by atoms with E-state index in [1.165, 1.54) is 18.1 Å². The number of pyridine rings is 1. The first-order valence-corrected chi connectivity index (χ1v) is 6.53. The third-order valence-electron chi connectivity index (χ3n) is 3.67. The molecule has 1 unspecified atom stereocenters. The summed E-state index contributed by atoms with van der Waals surface area (Å²) >= 11 is 0. The Morgan fingerprint density at radius 2 is 1.95 bits per heavy atom. The SMILES string of the molecule is [2H]C([2H])([2H])C([2H])(C)c1cc[n+](C)c(-c2cc(C)cc(C)c2C)c1. The molecule has 1 aromatic carbocycles. The molecule has 0 bridgehead atoms. The van der Waals surface area contributed by atoms with Crippen LogP contribution in [0.4, 0.5) is 0 Å². The van der Waals surface area contributed by atoms with Crippen LogP contribution in [0.1, 0.15) is 47.4 Å². The van der Waals surface area contributed by atoms with Crippen LogP contribution >= 0.6 is 0 Å². The zero-order valence-corrected chi connectivity index (χ0v) is 12.3. The van der Waals surface area contributed by atoms with E-state index in [1.54, 1.807) is 6.07 Å². The van der Waals surface area contributed by atoms with Gasteiger partial charge in [0, 0.05) is 23.2 Å². The Bertz CT molecular complexity index is 745. The van der Waals surface area contributed by atoms with Gasteiger partial charge in [-0.1, -0.05) is 25.4 Å². The fourth-order valence-corrected chi connectivity index (χ4v) is 2.38. The summed E-state index contributed by atoms with van der Waals surface area (Å²) in [6.45, 7) is 5.28. The van der Waals surface area contributed by atoms with Gasteiger partial charge in [0.1, 0.15) is 7.05 Å². The molecule has 0 aliphatic carbocycles. The van der Waals surface area contributed by atoms with E-state index in [0.717, 1.165) is 16.8 Å². The predicted octanol–water partition coefficient (Wildman–Crippen LogP) is 4.23. The normalized spacial score (nSPS) is 17.9. The van der Waals surface area contributed by atoms with Crippen LogP contribution in [0.15, 0.2) is 30.5 Å². The summed E-state index contributed by atoms with van der Waals surface area (Å²) in [4.78, 5) is 0. The first kappa shape index (κ1) is 9.30. The van der Waals surface area contributed by atoms with Gasteiger partial charge in [0.25, 0.3) is 0 Å². The third-order valence-corrected chi connectivity index (χ3v) is 3.67. The molecule has 0 aliphatic rings. The molecule has 1 heterocycles. The van der Waals surface area contributed by atoms with Gasteiger partial charge in [-0.05, 0) is 49.4 Å². The van der Waals surface area contributed by atoms with Crippen LogP contribution in [0.2, 0.25) is 0 Å². The zero-order chi connectivity index (χ0) is 17.6. The summed E-state index contributed by atoms with van der Waals surface area (Å²) in [5, 5.41) is 0. The highest BCUT2D eigenvalue weighted by atomic mass is 14.9. The Morgan fingerprint density at radius 3 is 2.63 bits per heavy atom. The minimum atomic E-state index is -2.37. The number of hydrogen-bond donors (Lipinski definition) is 0. The van der Waals surface area contributed by atoms with Crippen molar-refractivity contribution in [1.29, 1.82) is 0 Å². The Morgan fingerprint density at radius 1 is 1.21 bits per heavy atom. The lowest BCUT2D eigenvalue weighted by molar-refractivity contribution is -0.660. The summed E-state index contributed by atoms with van der Waals surface area (Å²) in [6, 6.07) is 7.80. The van der Waals surface area contributed by atoms with Gasteiger partial charge >= 0.3 is 0 Å². The second-order valence-corrected chi connectivity index (χ2v) is 5.29. The fraction of sp³-hybridized carbons (Fsp3) is 0.389. The van der Waals surface area contributed by atoms with E-state index >= 15 is 0 Å². The molecule has 0 amide bonds. The maximum absolute atomic E-state index is 8.31. The van der Waals surface area contributed by atoms with Crippen molar-refractivity contribution in [3.63, 3.8) is 0 Å². The topological polar surface area (TPSA) is 3.88 Å². The number of hydrogen-bond acceptors (Lipinski definition) is 0. The Kier molecular flexibility index (Phi) is 2.53. The van der Waals surface area contributed by atoms with Crippen LogP contribution in [0.25, 0.3) is 11.3 Å². The minimum absolute atomic E-state index is 0.504. The molecule has 100 valence electrons. The van der Waals surface area contributed by atoms with E-state index in [4.69, 9.17) is 5.48 Å². The standard InChI is InChI=1S/C18H24N/c1-12(2)16-7-8-19(6)18(11-16)17-10-13(3)9-14(4)15(17)5/h7-12H,1-6H3/q+1/i1D3,12D. The van der Waals surface area contributed by atoms with Gasteiger partial charge in [-0.25, -0.2) is 4.57 Å². The molecule has 0 fully saturated rings. The van der Waals surface area contributed by atoms with Gasteiger partial charge < -0.3 is 0 Å². The summed E-state index contributed by atoms with van der Waals surface area (Å²) in [6.07, 6.45) is 1.83. The van der Waals surface area contributed by atoms with Crippen LogP contribution < -0.4 is 4.57 Å². The highest BCUT2D eigenvalue weighted by Crippen LogP contribution is 2.26. The van der Waals surface area contributed by atoms with Crippen molar-refractivity contribution in [3.8, 4) is 11.3 Å². The Balaban J connectivity index is 2.69. The Labute approximate surface area is 122 Å². The maximum Gasteiger partial charge on any atom is 0.212 e. The van der Waals surface area contributed by atoms with Crippen molar-refractivity contribution in [3.05, 3.63) is 52.7 Å². The predicted molar refractivity (Wildman–Crippen MR) is 81.4 cm³/mol. The van der Waals surface area contributed by atoms with Crippen LogP contribution in [0.5, 0.6) is 0 Å². The van der Waals surface area contributed by atoms with Crippen LogP contribution in [-0.4, -0.2) is 0 Å². The molecule has 0 aliphatic heterocycles. The number of aromatic nitrogens is 1.